The summed E-state index contributed by atoms with van der Waals surface area (Å²) in [6, 6.07) is -0.905. The van der Waals surface area contributed by atoms with Crippen LogP contribution >= 0.6 is 11.3 Å². The van der Waals surface area contributed by atoms with Gasteiger partial charge in [0.25, 0.3) is 0 Å². The number of thiazole rings is 1. The number of hydrogen-bond acceptors (Lipinski definition) is 9. The van der Waals surface area contributed by atoms with E-state index in [1.54, 1.807) is 0 Å². The summed E-state index contributed by atoms with van der Waals surface area (Å²) in [5.74, 6) is 0. The second kappa shape index (κ2) is 8.90. The Labute approximate surface area is 201 Å². The van der Waals surface area contributed by atoms with E-state index in [2.05, 4.69) is 28.5 Å². The van der Waals surface area contributed by atoms with Gasteiger partial charge in [-0.3, -0.25) is 4.98 Å². The van der Waals surface area contributed by atoms with E-state index in [4.69, 9.17) is 10.1 Å². The molecule has 0 radical (unpaired) electrons. The third kappa shape index (κ3) is 4.26. The number of amides is 2. The summed E-state index contributed by atoms with van der Waals surface area (Å²) >= 11 is 0.610. The lowest BCUT2D eigenvalue weighted by Gasteiger charge is -2.20. The number of carbonyl (C=O) groups is 1. The van der Waals surface area contributed by atoms with Gasteiger partial charge in [-0.2, -0.15) is 0 Å². The average Bonchev–Trinajstić information content (AvgIpc) is 3.50. The molecule has 2 aromatic heterocycles. The Morgan fingerprint density at radius 2 is 1.91 bits per heavy atom. The lowest BCUT2D eigenvalue weighted by molar-refractivity contribution is -0.0600. The van der Waals surface area contributed by atoms with Gasteiger partial charge < -0.3 is 25.7 Å². The summed E-state index contributed by atoms with van der Waals surface area (Å²) in [6.45, 7) is 1.82. The van der Waals surface area contributed by atoms with Crippen molar-refractivity contribution >= 4 is 33.0 Å². The molecule has 11 nitrogen and oxygen atoms in total. The summed E-state index contributed by atoms with van der Waals surface area (Å²) in [7, 11) is -3.86. The van der Waals surface area contributed by atoms with Gasteiger partial charge in [0.15, 0.2) is 15.5 Å². The van der Waals surface area contributed by atoms with Crippen molar-refractivity contribution in [3.8, 4) is 0 Å². The number of fused-ring (bicyclic) bond motifs is 2. The maximum atomic E-state index is 13.2. The molecule has 2 aromatic rings. The molecule has 2 aliphatic rings. The van der Waals surface area contributed by atoms with Gasteiger partial charge in [-0.25, -0.2) is 19.1 Å². The number of nitrogens with one attached hydrogen (secondary N) is 1. The second-order valence-corrected chi connectivity index (χ2v) is 12.3. The molecule has 2 amide bonds. The van der Waals surface area contributed by atoms with Crippen LogP contribution in [0.5, 0.6) is 0 Å². The number of nitrogens with zero attached hydrogens (tertiary/aromatic N) is 3. The van der Waals surface area contributed by atoms with Crippen molar-refractivity contribution in [3.63, 3.8) is 0 Å². The third-order valence-corrected chi connectivity index (χ3v) is 9.67. The van der Waals surface area contributed by atoms with E-state index in [1.807, 2.05) is 0 Å². The van der Waals surface area contributed by atoms with Crippen molar-refractivity contribution in [2.24, 2.45) is 9.50 Å². The van der Waals surface area contributed by atoms with E-state index in [-0.39, 0.29) is 20.3 Å². The highest BCUT2D eigenvalue weighted by Crippen LogP contribution is 2.44. The Balaban J connectivity index is 1.72. The van der Waals surface area contributed by atoms with Gasteiger partial charge in [-0.05, 0) is 43.2 Å². The molecule has 1 unspecified atom stereocenters. The minimum Gasteiger partial charge on any atom is -0.393 e. The zero-order chi connectivity index (χ0) is 24.9. The Hall–Kier alpha value is -2.00. The fraction of sp³-hybridized carbons (Fsp3) is 0.571. The number of rotatable bonds is 6. The second-order valence-electron chi connectivity index (χ2n) is 9.33. The number of aromatic nitrogens is 2. The third-order valence-electron chi connectivity index (χ3n) is 6.41. The fourth-order valence-corrected chi connectivity index (χ4v) is 7.01. The molecular formula is C21H29N5O6S2. The average molecular weight is 512 g/mol. The predicted molar refractivity (Wildman–Crippen MR) is 126 cm³/mol. The Kier molecular flexibility index (Phi) is 6.57. The number of aliphatic hydroxyl groups is 4. The molecule has 0 aromatic carbocycles. The number of carbonyl (C=O) groups excluding carboxylic acids is 1. The van der Waals surface area contributed by atoms with Crippen molar-refractivity contribution in [1.29, 1.82) is 0 Å². The first kappa shape index (κ1) is 25.1. The molecule has 2 aliphatic carbocycles. The van der Waals surface area contributed by atoms with Crippen molar-refractivity contribution < 1.29 is 29.4 Å². The zero-order valence-electron chi connectivity index (χ0n) is 19.0. The molecule has 13 heteroatoms. The van der Waals surface area contributed by atoms with Gasteiger partial charge in [0.05, 0.1) is 36.9 Å². The Bertz CT molecular complexity index is 1260. The van der Waals surface area contributed by atoms with Crippen LogP contribution in [0.25, 0.3) is 0 Å². The number of urea groups is 1. The SMILES string of the molecule is CC1(C)CCc2c1nc1c(c2NC(=O)N=S(N)(=O)c2sc(C(O)(CO)CO)nc2CO)CCC1. The molecule has 186 valence electrons. The molecule has 0 fully saturated rings. The first-order chi connectivity index (χ1) is 16.0. The van der Waals surface area contributed by atoms with E-state index in [0.29, 0.717) is 17.0 Å². The van der Waals surface area contributed by atoms with Crippen LogP contribution in [0.2, 0.25) is 0 Å². The van der Waals surface area contributed by atoms with E-state index >= 15 is 0 Å². The highest BCUT2D eigenvalue weighted by atomic mass is 32.2. The van der Waals surface area contributed by atoms with Gasteiger partial charge in [0.1, 0.15) is 9.22 Å². The standard InChI is InChI=1S/C21H29N5O6S2/c1-20(2)7-6-12-15(11-4-3-5-13(11)23-16(12)20)25-19(30)26-34(22,32)17-14(8-27)24-18(33-17)21(31,9-28)10-29/h27-29,31H,3-10H2,1-2H3,(H3,22,23,25,26,30,32). The first-order valence-corrected chi connectivity index (χ1v) is 13.3. The van der Waals surface area contributed by atoms with E-state index in [9.17, 15) is 29.4 Å². The van der Waals surface area contributed by atoms with Crippen molar-refractivity contribution in [2.45, 2.75) is 67.8 Å². The van der Waals surface area contributed by atoms with Gasteiger partial charge in [-0.1, -0.05) is 13.8 Å². The maximum absolute atomic E-state index is 13.2. The number of pyridine rings is 1. The molecule has 4 rings (SSSR count). The Morgan fingerprint density at radius 3 is 2.56 bits per heavy atom. The van der Waals surface area contributed by atoms with Gasteiger partial charge in [0.2, 0.25) is 0 Å². The molecule has 0 saturated heterocycles. The largest absolute Gasteiger partial charge is 0.393 e. The molecule has 2 heterocycles. The maximum Gasteiger partial charge on any atom is 0.354 e. The van der Waals surface area contributed by atoms with Crippen LogP contribution < -0.4 is 10.5 Å². The summed E-state index contributed by atoms with van der Waals surface area (Å²) < 4.78 is 16.7. The number of aliphatic hydroxyl groups excluding tert-OH is 3. The smallest absolute Gasteiger partial charge is 0.354 e. The van der Waals surface area contributed by atoms with Crippen LogP contribution in [0.3, 0.4) is 0 Å². The molecular weight excluding hydrogens is 482 g/mol. The number of hydrogen-bond donors (Lipinski definition) is 6. The van der Waals surface area contributed by atoms with Crippen molar-refractivity contribution in [2.75, 3.05) is 18.5 Å². The topological polar surface area (TPSA) is 191 Å². The van der Waals surface area contributed by atoms with E-state index in [1.165, 1.54) is 0 Å². The van der Waals surface area contributed by atoms with Crippen LogP contribution in [0.1, 0.15) is 59.9 Å². The zero-order valence-corrected chi connectivity index (χ0v) is 20.6. The highest BCUT2D eigenvalue weighted by Gasteiger charge is 2.37. The highest BCUT2D eigenvalue weighted by molar-refractivity contribution is 7.93. The molecule has 1 atom stereocenters. The predicted octanol–water partition coefficient (Wildman–Crippen LogP) is 0.848. The van der Waals surface area contributed by atoms with Crippen LogP contribution in [-0.2, 0) is 46.8 Å². The van der Waals surface area contributed by atoms with Crippen molar-refractivity contribution in [3.05, 3.63) is 33.2 Å². The lowest BCUT2D eigenvalue weighted by Crippen LogP contribution is -2.34. The van der Waals surface area contributed by atoms with Crippen LogP contribution in [0, 0.1) is 0 Å². The molecule has 0 bridgehead atoms. The number of aryl methyl sites for hydroxylation is 1. The summed E-state index contributed by atoms with van der Waals surface area (Å²) in [6.07, 6.45) is 4.19. The number of anilines is 1. The molecule has 0 aliphatic heterocycles. The first-order valence-electron chi connectivity index (χ1n) is 10.9. The van der Waals surface area contributed by atoms with Crippen molar-refractivity contribution in [1.82, 2.24) is 9.97 Å². The minimum atomic E-state index is -3.86. The van der Waals surface area contributed by atoms with Crippen LogP contribution in [0.4, 0.5) is 10.5 Å². The van der Waals surface area contributed by atoms with Crippen LogP contribution in [-0.4, -0.2) is 53.8 Å². The van der Waals surface area contributed by atoms with Crippen LogP contribution in [0.15, 0.2) is 8.57 Å². The molecule has 0 saturated carbocycles. The van der Waals surface area contributed by atoms with Gasteiger partial charge in [0, 0.05) is 11.1 Å². The quantitative estimate of drug-likeness (QED) is 0.329. The van der Waals surface area contributed by atoms with E-state index in [0.717, 1.165) is 54.6 Å². The summed E-state index contributed by atoms with van der Waals surface area (Å²) in [4.78, 5) is 21.7. The van der Waals surface area contributed by atoms with Gasteiger partial charge >= 0.3 is 6.03 Å². The van der Waals surface area contributed by atoms with Gasteiger partial charge in [-0.15, -0.1) is 15.7 Å². The fourth-order valence-electron chi connectivity index (χ4n) is 4.48. The monoisotopic (exact) mass is 511 g/mol. The Morgan fingerprint density at radius 1 is 1.21 bits per heavy atom. The number of nitrogens with two attached hydrogens (primary N) is 1. The molecule has 7 N–H and O–H groups in total. The normalized spacial score (nSPS) is 18.3. The molecule has 34 heavy (non-hydrogen) atoms. The summed E-state index contributed by atoms with van der Waals surface area (Å²) in [5.41, 5.74) is 2.12. The lowest BCUT2D eigenvalue weighted by atomic mass is 9.90. The van der Waals surface area contributed by atoms with E-state index < -0.39 is 41.4 Å². The minimum absolute atomic E-state index is 0.115. The molecule has 0 spiro atoms. The summed E-state index contributed by atoms with van der Waals surface area (Å²) in [5, 5.41) is 47.3.